The van der Waals surface area contributed by atoms with Crippen molar-refractivity contribution in [3.63, 3.8) is 0 Å². The van der Waals surface area contributed by atoms with Gasteiger partial charge < -0.3 is 0 Å². The lowest BCUT2D eigenvalue weighted by molar-refractivity contribution is 0.339. The maximum Gasteiger partial charge on any atom is 0.358 e. The first kappa shape index (κ1) is 15.9. The van der Waals surface area contributed by atoms with Gasteiger partial charge in [0.15, 0.2) is 0 Å². The number of nitrogens with zero attached hydrogens (tertiary/aromatic N) is 3. The molecule has 0 spiro atoms. The van der Waals surface area contributed by atoms with Crippen LogP contribution in [0, 0.1) is 18.3 Å². The summed E-state index contributed by atoms with van der Waals surface area (Å²) >= 11 is 5.88. The third-order valence-electron chi connectivity index (χ3n) is 2.63. The van der Waals surface area contributed by atoms with Crippen molar-refractivity contribution in [1.29, 1.82) is 5.26 Å². The second kappa shape index (κ2) is 6.56. The van der Waals surface area contributed by atoms with Crippen molar-refractivity contribution < 1.29 is 12.7 Å². The Morgan fingerprint density at radius 2 is 2.00 bits per heavy atom. The van der Waals surface area contributed by atoms with Crippen molar-refractivity contribution in [2.45, 2.75) is 11.8 Å². The molecule has 1 aromatic carbocycles. The van der Waals surface area contributed by atoms with Gasteiger partial charge in [0, 0.05) is 6.20 Å². The monoisotopic (exact) mass is 335 g/mol. The average molecular weight is 336 g/mol. The van der Waals surface area contributed by atoms with Crippen LogP contribution in [0.5, 0.6) is 0 Å². The minimum absolute atomic E-state index is 0.0470. The van der Waals surface area contributed by atoms with Crippen LogP contribution in [0.15, 0.2) is 52.6 Å². The summed E-state index contributed by atoms with van der Waals surface area (Å²) in [6, 6.07) is 10.8. The average Bonchev–Trinajstić information content (AvgIpc) is 2.50. The van der Waals surface area contributed by atoms with Gasteiger partial charge in [-0.3, -0.25) is 9.27 Å². The van der Waals surface area contributed by atoms with Gasteiger partial charge in [-0.2, -0.15) is 13.7 Å². The summed E-state index contributed by atoms with van der Waals surface area (Å²) in [5.41, 5.74) is 0.618. The molecule has 0 aliphatic carbocycles. The summed E-state index contributed by atoms with van der Waals surface area (Å²) in [6.45, 7) is 1.83. The molecule has 1 aromatic heterocycles. The Morgan fingerprint density at radius 3 is 2.59 bits per heavy atom. The summed E-state index contributed by atoms with van der Waals surface area (Å²) in [4.78, 5) is 3.81. The van der Waals surface area contributed by atoms with Gasteiger partial charge in [0.05, 0.1) is 5.02 Å². The van der Waals surface area contributed by atoms with Gasteiger partial charge in [0.25, 0.3) is 0 Å². The van der Waals surface area contributed by atoms with Gasteiger partial charge in [-0.15, -0.1) is 0 Å². The number of aromatic nitrogens is 1. The zero-order valence-electron chi connectivity index (χ0n) is 11.4. The smallest absolute Gasteiger partial charge is 0.263 e. The molecule has 112 valence electrons. The third-order valence-corrected chi connectivity index (χ3v) is 4.05. The van der Waals surface area contributed by atoms with Crippen LogP contribution in [0.3, 0.4) is 0 Å². The van der Waals surface area contributed by atoms with Crippen molar-refractivity contribution >= 4 is 27.4 Å². The number of benzene rings is 1. The summed E-state index contributed by atoms with van der Waals surface area (Å²) in [7, 11) is -4.11. The Labute approximate surface area is 132 Å². The van der Waals surface area contributed by atoms with E-state index in [0.717, 1.165) is 5.56 Å². The molecule has 8 heteroatoms. The molecule has 2 aromatic rings. The van der Waals surface area contributed by atoms with Gasteiger partial charge in [-0.1, -0.05) is 34.5 Å². The van der Waals surface area contributed by atoms with Crippen molar-refractivity contribution in [1.82, 2.24) is 4.98 Å². The van der Waals surface area contributed by atoms with Gasteiger partial charge in [-0.05, 0) is 31.2 Å². The van der Waals surface area contributed by atoms with Crippen molar-refractivity contribution in [2.75, 3.05) is 0 Å². The van der Waals surface area contributed by atoms with E-state index < -0.39 is 10.1 Å². The van der Waals surface area contributed by atoms with E-state index in [2.05, 4.69) is 14.4 Å². The number of oxime groups is 1. The van der Waals surface area contributed by atoms with Crippen molar-refractivity contribution in [3.8, 4) is 6.07 Å². The summed E-state index contributed by atoms with van der Waals surface area (Å²) in [5.74, 6) is 0. The Kier molecular flexibility index (Phi) is 4.75. The van der Waals surface area contributed by atoms with Crippen LogP contribution in [-0.2, 0) is 14.4 Å². The van der Waals surface area contributed by atoms with Gasteiger partial charge in [0.2, 0.25) is 5.71 Å². The molecule has 0 N–H and O–H groups in total. The lowest BCUT2D eigenvalue weighted by atomic mass is 10.2. The molecule has 0 atom stereocenters. The zero-order valence-corrected chi connectivity index (χ0v) is 13.0. The number of hydrogen-bond donors (Lipinski definition) is 0. The highest BCUT2D eigenvalue weighted by Gasteiger charge is 2.17. The topological polar surface area (TPSA) is 92.4 Å². The van der Waals surface area contributed by atoms with E-state index in [9.17, 15) is 8.42 Å². The fourth-order valence-corrected chi connectivity index (χ4v) is 2.45. The highest BCUT2D eigenvalue weighted by atomic mass is 35.5. The Morgan fingerprint density at radius 1 is 1.32 bits per heavy atom. The normalized spacial score (nSPS) is 11.8. The van der Waals surface area contributed by atoms with Gasteiger partial charge >= 0.3 is 10.1 Å². The third kappa shape index (κ3) is 3.61. The molecule has 0 saturated heterocycles. The van der Waals surface area contributed by atoms with Crippen LogP contribution in [-0.4, -0.2) is 19.1 Å². The van der Waals surface area contributed by atoms with Gasteiger partial charge in [0.1, 0.15) is 16.7 Å². The van der Waals surface area contributed by atoms with E-state index >= 15 is 0 Å². The van der Waals surface area contributed by atoms with Crippen LogP contribution < -0.4 is 0 Å². The predicted molar refractivity (Wildman–Crippen MR) is 80.8 cm³/mol. The largest absolute Gasteiger partial charge is 0.358 e. The molecule has 6 nitrogen and oxygen atoms in total. The minimum Gasteiger partial charge on any atom is -0.263 e. The molecule has 0 radical (unpaired) electrons. The molecular weight excluding hydrogens is 326 g/mol. The van der Waals surface area contributed by atoms with E-state index in [1.807, 2.05) is 6.92 Å². The molecule has 0 amide bonds. The second-order valence-electron chi connectivity index (χ2n) is 4.23. The van der Waals surface area contributed by atoms with Crippen LogP contribution in [0.25, 0.3) is 0 Å². The summed E-state index contributed by atoms with van der Waals surface area (Å²) in [6.07, 6.45) is 1.41. The lowest BCUT2D eigenvalue weighted by Gasteiger charge is -2.03. The second-order valence-corrected chi connectivity index (χ2v) is 6.16. The minimum atomic E-state index is -4.11. The molecule has 0 aliphatic heterocycles. The molecule has 22 heavy (non-hydrogen) atoms. The highest BCUT2D eigenvalue weighted by molar-refractivity contribution is 7.86. The van der Waals surface area contributed by atoms with Crippen LogP contribution >= 0.6 is 11.6 Å². The Balaban J connectivity index is 2.31. The molecule has 0 aliphatic rings. The van der Waals surface area contributed by atoms with E-state index in [0.29, 0.717) is 0 Å². The first-order valence-electron chi connectivity index (χ1n) is 6.03. The summed E-state index contributed by atoms with van der Waals surface area (Å²) < 4.78 is 28.5. The van der Waals surface area contributed by atoms with Crippen LogP contribution in [0.1, 0.15) is 11.3 Å². The first-order chi connectivity index (χ1) is 10.4. The summed E-state index contributed by atoms with van der Waals surface area (Å²) in [5, 5.41) is 12.6. The van der Waals surface area contributed by atoms with Gasteiger partial charge in [-0.25, -0.2) is 0 Å². The first-order valence-corrected chi connectivity index (χ1v) is 7.82. The SMILES string of the molecule is Cc1ccc(S(=O)(=O)O/N=C(\C#N)c2ncccc2Cl)cc1. The molecule has 0 saturated carbocycles. The number of aryl methyl sites for hydroxylation is 1. The van der Waals surface area contributed by atoms with Crippen LogP contribution in [0.4, 0.5) is 0 Å². The van der Waals surface area contributed by atoms with Crippen molar-refractivity contribution in [3.05, 3.63) is 58.9 Å². The Bertz CT molecular complexity index is 856. The van der Waals surface area contributed by atoms with Crippen molar-refractivity contribution in [2.24, 2.45) is 5.16 Å². The maximum atomic E-state index is 12.0. The number of halogens is 1. The standard InChI is InChI=1S/C14H10ClN3O3S/c1-10-4-6-11(7-5-10)22(19,20)21-18-13(9-16)14-12(15)3-2-8-17-14/h2-8H,1H3/b18-13+. The fourth-order valence-electron chi connectivity index (χ4n) is 1.51. The quantitative estimate of drug-likeness (QED) is 0.632. The molecule has 2 rings (SSSR count). The zero-order chi connectivity index (χ0) is 16.2. The van der Waals surface area contributed by atoms with E-state index in [4.69, 9.17) is 16.9 Å². The molecule has 0 unspecified atom stereocenters. The number of rotatable bonds is 4. The number of nitriles is 1. The maximum absolute atomic E-state index is 12.0. The number of hydrogen-bond acceptors (Lipinski definition) is 6. The molecular formula is C14H10ClN3O3S. The Hall–Kier alpha value is -2.43. The predicted octanol–water partition coefficient (Wildman–Crippen LogP) is 2.68. The lowest BCUT2D eigenvalue weighted by Crippen LogP contribution is -2.07. The fraction of sp³-hybridized carbons (Fsp3) is 0.0714. The number of pyridine rings is 1. The molecule has 0 bridgehead atoms. The van der Waals surface area contributed by atoms with Crippen LogP contribution in [0.2, 0.25) is 5.02 Å². The van der Waals surface area contributed by atoms with E-state index in [1.165, 1.54) is 24.4 Å². The molecule has 0 fully saturated rings. The van der Waals surface area contributed by atoms with E-state index in [1.54, 1.807) is 24.3 Å². The highest BCUT2D eigenvalue weighted by Crippen LogP contribution is 2.16. The van der Waals surface area contributed by atoms with E-state index in [-0.39, 0.29) is 21.3 Å². The molecule has 1 heterocycles.